The first-order valence-electron chi connectivity index (χ1n) is 7.07. The van der Waals surface area contributed by atoms with E-state index in [1.54, 1.807) is 0 Å². The standard InChI is InChI=1S/C15H15F5O4/c1-3-14(15(18,19)20)6-8(12(24-14)13(21)22)7-4-5-9(16)10(17)11(7)23-2/h4-5,8,12H,3,6H2,1-2H3,(H,21,22). The number of ether oxygens (including phenoxy) is 2. The Hall–Kier alpha value is -1.90. The van der Waals surface area contributed by atoms with E-state index < -0.39 is 60.0 Å². The second-order valence-electron chi connectivity index (χ2n) is 5.52. The molecule has 3 unspecified atom stereocenters. The Labute approximate surface area is 134 Å². The van der Waals surface area contributed by atoms with Crippen LogP contribution in [-0.2, 0) is 9.53 Å². The van der Waals surface area contributed by atoms with Gasteiger partial charge in [-0.1, -0.05) is 13.0 Å². The van der Waals surface area contributed by atoms with Gasteiger partial charge in [0.25, 0.3) is 0 Å². The van der Waals surface area contributed by atoms with E-state index >= 15 is 0 Å². The number of benzene rings is 1. The fraction of sp³-hybridized carbons (Fsp3) is 0.533. The predicted molar refractivity (Wildman–Crippen MR) is 71.9 cm³/mol. The third kappa shape index (κ3) is 2.81. The van der Waals surface area contributed by atoms with Crippen LogP contribution >= 0.6 is 0 Å². The number of carbonyl (C=O) groups is 1. The van der Waals surface area contributed by atoms with Crippen LogP contribution < -0.4 is 4.74 Å². The first-order valence-corrected chi connectivity index (χ1v) is 7.07. The van der Waals surface area contributed by atoms with E-state index in [0.717, 1.165) is 13.2 Å². The molecule has 4 nitrogen and oxygen atoms in total. The predicted octanol–water partition coefficient (Wildman–Crippen LogP) is 3.64. The zero-order chi connectivity index (χ0) is 18.3. The highest BCUT2D eigenvalue weighted by Gasteiger charge is 2.63. The first-order chi connectivity index (χ1) is 11.1. The Balaban J connectivity index is 2.57. The van der Waals surface area contributed by atoms with Crippen LogP contribution in [0.15, 0.2) is 12.1 Å². The fourth-order valence-corrected chi connectivity index (χ4v) is 2.99. The number of methoxy groups -OCH3 is 1. The average molecular weight is 354 g/mol. The molecule has 0 radical (unpaired) electrons. The Morgan fingerprint density at radius 3 is 2.50 bits per heavy atom. The second kappa shape index (κ2) is 6.19. The van der Waals surface area contributed by atoms with Crippen LogP contribution in [0.2, 0.25) is 0 Å². The molecule has 1 fully saturated rings. The maximum absolute atomic E-state index is 13.8. The lowest BCUT2D eigenvalue weighted by Crippen LogP contribution is -2.45. The van der Waals surface area contributed by atoms with E-state index in [1.165, 1.54) is 6.92 Å². The van der Waals surface area contributed by atoms with E-state index in [1.807, 2.05) is 0 Å². The maximum atomic E-state index is 13.8. The summed E-state index contributed by atoms with van der Waals surface area (Å²) in [5.41, 5.74) is -2.85. The van der Waals surface area contributed by atoms with E-state index in [2.05, 4.69) is 0 Å². The van der Waals surface area contributed by atoms with Gasteiger partial charge in [-0.15, -0.1) is 0 Å². The van der Waals surface area contributed by atoms with Crippen molar-refractivity contribution in [1.29, 1.82) is 0 Å². The summed E-state index contributed by atoms with van der Waals surface area (Å²) < 4.78 is 76.9. The van der Waals surface area contributed by atoms with Crippen molar-refractivity contribution in [2.45, 2.75) is 43.6 Å². The van der Waals surface area contributed by atoms with Crippen molar-refractivity contribution in [2.24, 2.45) is 0 Å². The van der Waals surface area contributed by atoms with Gasteiger partial charge in [0, 0.05) is 11.5 Å². The van der Waals surface area contributed by atoms with Crippen LogP contribution in [0.5, 0.6) is 5.75 Å². The van der Waals surface area contributed by atoms with Crippen LogP contribution in [0.1, 0.15) is 31.2 Å². The van der Waals surface area contributed by atoms with E-state index in [9.17, 15) is 31.9 Å². The van der Waals surface area contributed by atoms with Crippen molar-refractivity contribution in [3.8, 4) is 5.75 Å². The van der Waals surface area contributed by atoms with Gasteiger partial charge in [0.2, 0.25) is 5.82 Å². The summed E-state index contributed by atoms with van der Waals surface area (Å²) in [5.74, 6) is -6.22. The van der Waals surface area contributed by atoms with Gasteiger partial charge in [-0.2, -0.15) is 17.6 Å². The largest absolute Gasteiger partial charge is 0.493 e. The van der Waals surface area contributed by atoms with Gasteiger partial charge < -0.3 is 14.6 Å². The monoisotopic (exact) mass is 354 g/mol. The Morgan fingerprint density at radius 2 is 2.04 bits per heavy atom. The summed E-state index contributed by atoms with van der Waals surface area (Å²) in [6.07, 6.45) is -7.91. The number of halogens is 5. The minimum absolute atomic E-state index is 0.177. The molecule has 3 atom stereocenters. The summed E-state index contributed by atoms with van der Waals surface area (Å²) in [7, 11) is 1.02. The number of aliphatic carboxylic acids is 1. The number of alkyl halides is 3. The molecule has 1 heterocycles. The zero-order valence-corrected chi connectivity index (χ0v) is 12.8. The van der Waals surface area contributed by atoms with Crippen molar-refractivity contribution in [3.05, 3.63) is 29.3 Å². The average Bonchev–Trinajstić information content (AvgIpc) is 2.91. The highest BCUT2D eigenvalue weighted by molar-refractivity contribution is 5.75. The third-order valence-electron chi connectivity index (χ3n) is 4.28. The summed E-state index contributed by atoms with van der Waals surface area (Å²) in [6, 6.07) is 1.73. The maximum Gasteiger partial charge on any atom is 0.417 e. The minimum Gasteiger partial charge on any atom is -0.493 e. The minimum atomic E-state index is -4.81. The molecule has 1 N–H and O–H groups in total. The molecule has 0 aromatic heterocycles. The smallest absolute Gasteiger partial charge is 0.417 e. The van der Waals surface area contributed by atoms with E-state index in [4.69, 9.17) is 9.47 Å². The summed E-state index contributed by atoms with van der Waals surface area (Å²) >= 11 is 0. The molecule has 134 valence electrons. The van der Waals surface area contributed by atoms with Crippen molar-refractivity contribution in [1.82, 2.24) is 0 Å². The molecule has 0 bridgehead atoms. The van der Waals surface area contributed by atoms with Crippen LogP contribution in [0.4, 0.5) is 22.0 Å². The SMILES string of the molecule is CCC1(C(F)(F)F)CC(c2ccc(F)c(F)c2OC)C(C(=O)O)O1. The lowest BCUT2D eigenvalue weighted by molar-refractivity contribution is -0.271. The molecule has 24 heavy (non-hydrogen) atoms. The third-order valence-corrected chi connectivity index (χ3v) is 4.28. The van der Waals surface area contributed by atoms with Gasteiger partial charge >= 0.3 is 12.1 Å². The molecule has 2 rings (SSSR count). The van der Waals surface area contributed by atoms with Crippen molar-refractivity contribution >= 4 is 5.97 Å². The molecule has 1 aliphatic rings. The summed E-state index contributed by atoms with van der Waals surface area (Å²) in [4.78, 5) is 11.4. The van der Waals surface area contributed by atoms with Crippen LogP contribution in [0, 0.1) is 11.6 Å². The molecule has 0 saturated carbocycles. The van der Waals surface area contributed by atoms with Crippen molar-refractivity contribution in [3.63, 3.8) is 0 Å². The molecule has 1 saturated heterocycles. The molecule has 1 aromatic rings. The molecule has 9 heteroatoms. The Kier molecular flexibility index (Phi) is 4.76. The topological polar surface area (TPSA) is 55.8 Å². The van der Waals surface area contributed by atoms with E-state index in [0.29, 0.717) is 6.07 Å². The highest BCUT2D eigenvalue weighted by atomic mass is 19.4. The molecule has 0 spiro atoms. The number of hydrogen-bond donors (Lipinski definition) is 1. The van der Waals surface area contributed by atoms with Crippen molar-refractivity contribution in [2.75, 3.05) is 7.11 Å². The molecule has 1 aromatic carbocycles. The van der Waals surface area contributed by atoms with Crippen LogP contribution in [0.25, 0.3) is 0 Å². The number of hydrogen-bond acceptors (Lipinski definition) is 3. The van der Waals surface area contributed by atoms with Gasteiger partial charge in [0.05, 0.1) is 7.11 Å². The molecule has 0 aliphatic carbocycles. The van der Waals surface area contributed by atoms with Gasteiger partial charge in [-0.05, 0) is 18.9 Å². The Bertz CT molecular complexity index is 645. The second-order valence-corrected chi connectivity index (χ2v) is 5.52. The summed E-state index contributed by atoms with van der Waals surface area (Å²) in [6.45, 7) is 1.22. The van der Waals surface area contributed by atoms with Crippen LogP contribution in [-0.4, -0.2) is 36.1 Å². The molecular weight excluding hydrogens is 339 g/mol. The number of carboxylic acid groups (broad SMARTS) is 1. The molecular formula is C15H15F5O4. The number of rotatable bonds is 4. The fourth-order valence-electron chi connectivity index (χ4n) is 2.99. The van der Waals surface area contributed by atoms with Gasteiger partial charge in [0.1, 0.15) is 0 Å². The lowest BCUT2D eigenvalue weighted by Gasteiger charge is -2.30. The molecule has 0 amide bonds. The highest BCUT2D eigenvalue weighted by Crippen LogP contribution is 2.52. The first kappa shape index (κ1) is 18.4. The summed E-state index contributed by atoms with van der Waals surface area (Å²) in [5, 5.41) is 9.22. The normalized spacial score (nSPS) is 27.3. The van der Waals surface area contributed by atoms with Gasteiger partial charge in [0.15, 0.2) is 23.3 Å². The van der Waals surface area contributed by atoms with E-state index in [-0.39, 0.29) is 5.56 Å². The Morgan fingerprint density at radius 1 is 1.42 bits per heavy atom. The molecule has 1 aliphatic heterocycles. The van der Waals surface area contributed by atoms with Crippen LogP contribution in [0.3, 0.4) is 0 Å². The van der Waals surface area contributed by atoms with Gasteiger partial charge in [-0.3, -0.25) is 0 Å². The number of carboxylic acids is 1. The van der Waals surface area contributed by atoms with Crippen molar-refractivity contribution < 1.29 is 41.3 Å². The lowest BCUT2D eigenvalue weighted by atomic mass is 9.84. The zero-order valence-electron chi connectivity index (χ0n) is 12.8. The quantitative estimate of drug-likeness (QED) is 0.839. The van der Waals surface area contributed by atoms with Gasteiger partial charge in [-0.25, -0.2) is 9.18 Å².